The van der Waals surface area contributed by atoms with Crippen molar-refractivity contribution in [2.75, 3.05) is 26.1 Å². The molecule has 0 bridgehead atoms. The molecule has 10 nitrogen and oxygen atoms in total. The number of anilines is 1. The van der Waals surface area contributed by atoms with Crippen molar-refractivity contribution >= 4 is 17.0 Å². The van der Waals surface area contributed by atoms with Gasteiger partial charge in [-0.25, -0.2) is 4.68 Å². The Balaban J connectivity index is 1.31. The molecule has 5 rings (SSSR count). The fourth-order valence-corrected chi connectivity index (χ4v) is 4.67. The third-order valence-electron chi connectivity index (χ3n) is 6.18. The SMILES string of the molecule is COc1ccc(Cn2nc(OCC3C[C@H]3c3ccc(OC)cn3)cc(NCc3nnc(C)s3)c2=O)cc1. The van der Waals surface area contributed by atoms with Crippen LogP contribution in [0.4, 0.5) is 5.69 Å². The van der Waals surface area contributed by atoms with Crippen molar-refractivity contribution in [2.45, 2.75) is 32.4 Å². The number of rotatable bonds is 11. The summed E-state index contributed by atoms with van der Waals surface area (Å²) in [6.45, 7) is 3.07. The molecule has 2 atom stereocenters. The number of methoxy groups -OCH3 is 2. The number of benzene rings is 1. The molecule has 1 saturated carbocycles. The average molecular weight is 521 g/mol. The van der Waals surface area contributed by atoms with Gasteiger partial charge in [0.05, 0.1) is 40.1 Å². The second-order valence-corrected chi connectivity index (χ2v) is 10.1. The third kappa shape index (κ3) is 6.05. The highest BCUT2D eigenvalue weighted by atomic mass is 32.1. The lowest BCUT2D eigenvalue weighted by Gasteiger charge is -2.13. The molecule has 11 heteroatoms. The van der Waals surface area contributed by atoms with E-state index in [1.54, 1.807) is 26.5 Å². The van der Waals surface area contributed by atoms with Crippen molar-refractivity contribution in [2.24, 2.45) is 5.92 Å². The van der Waals surface area contributed by atoms with Crippen LogP contribution in [0.5, 0.6) is 17.4 Å². The van der Waals surface area contributed by atoms with Crippen molar-refractivity contribution in [3.8, 4) is 17.4 Å². The van der Waals surface area contributed by atoms with Crippen LogP contribution in [0, 0.1) is 12.8 Å². The minimum absolute atomic E-state index is 0.240. The van der Waals surface area contributed by atoms with E-state index in [1.165, 1.54) is 16.0 Å². The zero-order valence-electron chi connectivity index (χ0n) is 20.9. The molecule has 1 fully saturated rings. The Morgan fingerprint density at radius 2 is 1.86 bits per heavy atom. The molecule has 0 aliphatic heterocycles. The first-order chi connectivity index (χ1) is 18.0. The fourth-order valence-electron chi connectivity index (χ4n) is 4.02. The van der Waals surface area contributed by atoms with Gasteiger partial charge < -0.3 is 19.5 Å². The maximum absolute atomic E-state index is 13.2. The van der Waals surface area contributed by atoms with Gasteiger partial charge in [0.2, 0.25) is 5.88 Å². The number of nitrogens with one attached hydrogen (secondary N) is 1. The molecule has 0 amide bonds. The normalized spacial score (nSPS) is 16.3. The molecule has 1 aliphatic rings. The van der Waals surface area contributed by atoms with Gasteiger partial charge >= 0.3 is 0 Å². The first-order valence-electron chi connectivity index (χ1n) is 11.9. The molecule has 3 heterocycles. The largest absolute Gasteiger partial charge is 0.497 e. The minimum atomic E-state index is -0.240. The monoisotopic (exact) mass is 520 g/mol. The summed E-state index contributed by atoms with van der Waals surface area (Å²) in [4.78, 5) is 17.7. The van der Waals surface area contributed by atoms with Crippen molar-refractivity contribution in [1.82, 2.24) is 25.0 Å². The van der Waals surface area contributed by atoms with Crippen LogP contribution in [-0.4, -0.2) is 45.8 Å². The van der Waals surface area contributed by atoms with Crippen LogP contribution in [0.25, 0.3) is 0 Å². The van der Waals surface area contributed by atoms with E-state index in [0.29, 0.717) is 43.1 Å². The lowest BCUT2D eigenvalue weighted by molar-refractivity contribution is 0.277. The number of ether oxygens (including phenoxy) is 3. The van der Waals surface area contributed by atoms with Crippen LogP contribution in [0.15, 0.2) is 53.5 Å². The van der Waals surface area contributed by atoms with E-state index in [2.05, 4.69) is 25.6 Å². The average Bonchev–Trinajstić information content (AvgIpc) is 3.59. The van der Waals surface area contributed by atoms with Crippen molar-refractivity contribution < 1.29 is 14.2 Å². The van der Waals surface area contributed by atoms with Gasteiger partial charge in [-0.3, -0.25) is 9.78 Å². The maximum Gasteiger partial charge on any atom is 0.290 e. The standard InChI is InChI=1S/C26H28N6O4S/c1-16-29-30-25(37-16)13-28-23-11-24(31-32(26(23)33)14-17-4-6-19(34-2)7-5-17)36-15-18-10-21(18)22-9-8-20(35-3)12-27-22/h4-9,11-12,18,21,28H,10,13-15H2,1-3H3/t18?,21-/m1/s1. The second kappa shape index (κ2) is 11.0. The van der Waals surface area contributed by atoms with Crippen LogP contribution >= 0.6 is 11.3 Å². The van der Waals surface area contributed by atoms with E-state index >= 15 is 0 Å². The zero-order chi connectivity index (χ0) is 25.8. The molecule has 1 N–H and O–H groups in total. The van der Waals surface area contributed by atoms with Crippen LogP contribution in [0.2, 0.25) is 0 Å². The first-order valence-corrected chi connectivity index (χ1v) is 12.7. The van der Waals surface area contributed by atoms with Crippen molar-refractivity contribution in [3.63, 3.8) is 0 Å². The molecular weight excluding hydrogens is 492 g/mol. The summed E-state index contributed by atoms with van der Waals surface area (Å²) in [7, 11) is 3.25. The Labute approximate surface area is 218 Å². The summed E-state index contributed by atoms with van der Waals surface area (Å²) >= 11 is 1.48. The van der Waals surface area contributed by atoms with Gasteiger partial charge in [0.1, 0.15) is 27.2 Å². The maximum atomic E-state index is 13.2. The number of nitrogens with zero attached hydrogens (tertiary/aromatic N) is 5. The van der Waals surface area contributed by atoms with Gasteiger partial charge in [0, 0.05) is 23.6 Å². The van der Waals surface area contributed by atoms with Gasteiger partial charge in [0.25, 0.3) is 5.56 Å². The van der Waals surface area contributed by atoms with E-state index < -0.39 is 0 Å². The van der Waals surface area contributed by atoms with Gasteiger partial charge in [-0.05, 0) is 43.2 Å². The number of pyridine rings is 1. The molecule has 37 heavy (non-hydrogen) atoms. The lowest BCUT2D eigenvalue weighted by Crippen LogP contribution is -2.27. The Bertz CT molecular complexity index is 1400. The second-order valence-electron chi connectivity index (χ2n) is 8.81. The summed E-state index contributed by atoms with van der Waals surface area (Å²) in [6, 6.07) is 13.1. The molecule has 192 valence electrons. The molecule has 4 aromatic rings. The summed E-state index contributed by atoms with van der Waals surface area (Å²) in [5.41, 5.74) is 2.11. The Kier molecular flexibility index (Phi) is 7.31. The summed E-state index contributed by atoms with van der Waals surface area (Å²) in [5, 5.41) is 17.5. The van der Waals surface area contributed by atoms with E-state index in [1.807, 2.05) is 43.3 Å². The predicted molar refractivity (Wildman–Crippen MR) is 140 cm³/mol. The number of hydrogen-bond donors (Lipinski definition) is 1. The lowest BCUT2D eigenvalue weighted by atomic mass is 10.2. The van der Waals surface area contributed by atoms with Gasteiger partial charge in [-0.15, -0.1) is 15.3 Å². The summed E-state index contributed by atoms with van der Waals surface area (Å²) < 4.78 is 17.9. The third-order valence-corrected chi connectivity index (χ3v) is 7.02. The summed E-state index contributed by atoms with van der Waals surface area (Å²) in [5.74, 6) is 2.56. The predicted octanol–water partition coefficient (Wildman–Crippen LogP) is 3.66. The highest BCUT2D eigenvalue weighted by Crippen LogP contribution is 2.46. The molecule has 1 unspecified atom stereocenters. The quantitative estimate of drug-likeness (QED) is 0.316. The van der Waals surface area contributed by atoms with Gasteiger partial charge in [0.15, 0.2) is 0 Å². The molecule has 1 aromatic carbocycles. The number of aromatic nitrogens is 5. The van der Waals surface area contributed by atoms with Gasteiger partial charge in [-0.2, -0.15) is 0 Å². The molecular formula is C26H28N6O4S. The highest BCUT2D eigenvalue weighted by Gasteiger charge is 2.40. The van der Waals surface area contributed by atoms with E-state index in [-0.39, 0.29) is 5.56 Å². The Hall–Kier alpha value is -3.99. The molecule has 0 radical (unpaired) electrons. The fraction of sp³-hybridized carbons (Fsp3) is 0.346. The van der Waals surface area contributed by atoms with E-state index in [9.17, 15) is 4.79 Å². The number of aryl methyl sites for hydroxylation is 1. The van der Waals surface area contributed by atoms with Crippen LogP contribution in [0.1, 0.15) is 33.6 Å². The zero-order valence-corrected chi connectivity index (χ0v) is 21.7. The minimum Gasteiger partial charge on any atom is -0.497 e. The first kappa shape index (κ1) is 24.7. The number of hydrogen-bond acceptors (Lipinski definition) is 10. The van der Waals surface area contributed by atoms with Crippen LogP contribution in [0.3, 0.4) is 0 Å². The smallest absolute Gasteiger partial charge is 0.290 e. The Morgan fingerprint density at radius 1 is 1.08 bits per heavy atom. The van der Waals surface area contributed by atoms with Crippen molar-refractivity contribution in [3.05, 3.63) is 80.3 Å². The van der Waals surface area contributed by atoms with E-state index in [0.717, 1.165) is 39.2 Å². The highest BCUT2D eigenvalue weighted by molar-refractivity contribution is 7.11. The molecule has 1 aliphatic carbocycles. The Morgan fingerprint density at radius 3 is 2.54 bits per heavy atom. The summed E-state index contributed by atoms with van der Waals surface area (Å²) in [6.07, 6.45) is 2.73. The van der Waals surface area contributed by atoms with Crippen molar-refractivity contribution in [1.29, 1.82) is 0 Å². The van der Waals surface area contributed by atoms with E-state index in [4.69, 9.17) is 14.2 Å². The van der Waals surface area contributed by atoms with Crippen LogP contribution in [-0.2, 0) is 13.1 Å². The van der Waals surface area contributed by atoms with Gasteiger partial charge in [-0.1, -0.05) is 23.5 Å². The molecule has 0 saturated heterocycles. The topological polar surface area (TPSA) is 113 Å². The van der Waals surface area contributed by atoms with Crippen LogP contribution < -0.4 is 25.1 Å². The molecule has 0 spiro atoms. The molecule has 3 aromatic heterocycles.